The molecule has 3 amide bonds. The number of carbonyl (C=O) groups excluding carboxylic acids is 3. The first-order valence-electron chi connectivity index (χ1n) is 7.91. The number of piperazine rings is 1. The van der Waals surface area contributed by atoms with Crippen LogP contribution in [0.25, 0.3) is 0 Å². The van der Waals surface area contributed by atoms with E-state index in [0.29, 0.717) is 18.2 Å². The van der Waals surface area contributed by atoms with E-state index in [1.54, 1.807) is 0 Å². The summed E-state index contributed by atoms with van der Waals surface area (Å²) in [6.07, 6.45) is 2.01. The summed E-state index contributed by atoms with van der Waals surface area (Å²) in [5.74, 6) is -0.660. The van der Waals surface area contributed by atoms with Crippen LogP contribution in [0, 0.1) is 0 Å². The standard InChI is InChI=1S/C14H19N5O4S/c20-10(3-4-12(22)19-6-5-15-11(21)8-19)16-14-18-17-13(24-14)9-2-1-7-23-9/h9H,1-8H2,(H,15,21)(H,16,18,20)/t9-/m0/s1. The van der Waals surface area contributed by atoms with Crippen LogP contribution in [0.2, 0.25) is 0 Å². The molecule has 1 aromatic heterocycles. The van der Waals surface area contributed by atoms with Crippen molar-refractivity contribution in [1.82, 2.24) is 20.4 Å². The predicted octanol–water partition coefficient (Wildman–Crippen LogP) is 0.0667. The molecule has 0 bridgehead atoms. The van der Waals surface area contributed by atoms with Gasteiger partial charge in [-0.1, -0.05) is 11.3 Å². The molecule has 130 valence electrons. The van der Waals surface area contributed by atoms with Crippen molar-refractivity contribution in [2.75, 3.05) is 31.6 Å². The zero-order valence-corrected chi connectivity index (χ0v) is 13.9. The molecule has 0 unspecified atom stereocenters. The average Bonchev–Trinajstić information content (AvgIpc) is 3.23. The Bertz CT molecular complexity index is 628. The van der Waals surface area contributed by atoms with E-state index < -0.39 is 0 Å². The molecule has 24 heavy (non-hydrogen) atoms. The fraction of sp³-hybridized carbons (Fsp3) is 0.643. The molecule has 10 heteroatoms. The van der Waals surface area contributed by atoms with Crippen LogP contribution < -0.4 is 10.6 Å². The van der Waals surface area contributed by atoms with Gasteiger partial charge in [-0.15, -0.1) is 10.2 Å². The van der Waals surface area contributed by atoms with E-state index in [2.05, 4.69) is 20.8 Å². The largest absolute Gasteiger partial charge is 0.371 e. The van der Waals surface area contributed by atoms with Crippen LogP contribution >= 0.6 is 11.3 Å². The number of nitrogens with one attached hydrogen (secondary N) is 2. The maximum absolute atomic E-state index is 12.0. The number of carbonyl (C=O) groups is 3. The zero-order valence-electron chi connectivity index (χ0n) is 13.1. The van der Waals surface area contributed by atoms with E-state index in [0.717, 1.165) is 24.5 Å². The van der Waals surface area contributed by atoms with Gasteiger partial charge in [0.2, 0.25) is 22.9 Å². The van der Waals surface area contributed by atoms with Crippen molar-refractivity contribution in [3.63, 3.8) is 0 Å². The first kappa shape index (κ1) is 16.8. The third-order valence-corrected chi connectivity index (χ3v) is 4.78. The van der Waals surface area contributed by atoms with Crippen LogP contribution in [0.15, 0.2) is 0 Å². The van der Waals surface area contributed by atoms with Crippen molar-refractivity contribution in [3.8, 4) is 0 Å². The fourth-order valence-electron chi connectivity index (χ4n) is 2.60. The highest BCUT2D eigenvalue weighted by Gasteiger charge is 2.23. The SMILES string of the molecule is O=C1CN(C(=O)CCC(=O)Nc2nnc([C@@H]3CCCO3)s2)CCN1. The number of amides is 3. The maximum atomic E-state index is 12.0. The summed E-state index contributed by atoms with van der Waals surface area (Å²) in [4.78, 5) is 36.7. The molecule has 0 spiro atoms. The van der Waals surface area contributed by atoms with Crippen LogP contribution in [0.4, 0.5) is 5.13 Å². The molecule has 3 heterocycles. The number of nitrogens with zero attached hydrogens (tertiary/aromatic N) is 3. The van der Waals surface area contributed by atoms with Gasteiger partial charge in [-0.05, 0) is 12.8 Å². The average molecular weight is 353 g/mol. The number of anilines is 1. The van der Waals surface area contributed by atoms with Crippen LogP contribution in [-0.2, 0) is 19.1 Å². The minimum Gasteiger partial charge on any atom is -0.371 e. The normalized spacial score (nSPS) is 20.8. The molecule has 0 aliphatic carbocycles. The van der Waals surface area contributed by atoms with E-state index in [4.69, 9.17) is 4.74 Å². The predicted molar refractivity (Wildman–Crippen MR) is 85.3 cm³/mol. The third-order valence-electron chi connectivity index (χ3n) is 3.85. The first-order valence-corrected chi connectivity index (χ1v) is 8.73. The van der Waals surface area contributed by atoms with Crippen molar-refractivity contribution in [2.45, 2.75) is 31.8 Å². The second kappa shape index (κ2) is 7.67. The lowest BCUT2D eigenvalue weighted by molar-refractivity contribution is -0.138. The van der Waals surface area contributed by atoms with Gasteiger partial charge in [0.05, 0.1) is 6.54 Å². The molecule has 2 aliphatic heterocycles. The lowest BCUT2D eigenvalue weighted by Gasteiger charge is -2.26. The number of hydrogen-bond acceptors (Lipinski definition) is 7. The highest BCUT2D eigenvalue weighted by atomic mass is 32.1. The van der Waals surface area contributed by atoms with E-state index in [1.165, 1.54) is 16.2 Å². The second-order valence-corrected chi connectivity index (χ2v) is 6.67. The zero-order chi connectivity index (χ0) is 16.9. The topological polar surface area (TPSA) is 114 Å². The van der Waals surface area contributed by atoms with Gasteiger partial charge >= 0.3 is 0 Å². The lowest BCUT2D eigenvalue weighted by atomic mass is 10.2. The highest BCUT2D eigenvalue weighted by Crippen LogP contribution is 2.31. The van der Waals surface area contributed by atoms with Crippen molar-refractivity contribution < 1.29 is 19.1 Å². The Balaban J connectivity index is 1.43. The Morgan fingerprint density at radius 2 is 2.25 bits per heavy atom. The van der Waals surface area contributed by atoms with Gasteiger partial charge in [-0.25, -0.2) is 0 Å². The van der Waals surface area contributed by atoms with Gasteiger partial charge in [-0.3, -0.25) is 14.4 Å². The number of hydrogen-bond donors (Lipinski definition) is 2. The molecule has 0 radical (unpaired) electrons. The van der Waals surface area contributed by atoms with E-state index in [-0.39, 0.29) is 43.2 Å². The Hall–Kier alpha value is -2.07. The Kier molecular flexibility index (Phi) is 5.36. The quantitative estimate of drug-likeness (QED) is 0.774. The number of ether oxygens (including phenoxy) is 1. The Labute approximate surface area is 142 Å². The van der Waals surface area contributed by atoms with Crippen LogP contribution in [0.5, 0.6) is 0 Å². The minimum absolute atomic E-state index is 0.0278. The van der Waals surface area contributed by atoms with Gasteiger partial charge in [0.15, 0.2) is 0 Å². The smallest absolute Gasteiger partial charge is 0.239 e. The molecular weight excluding hydrogens is 334 g/mol. The van der Waals surface area contributed by atoms with Crippen LogP contribution in [0.1, 0.15) is 36.8 Å². The van der Waals surface area contributed by atoms with Crippen LogP contribution in [-0.4, -0.2) is 59.1 Å². The minimum atomic E-state index is -0.292. The second-order valence-electron chi connectivity index (χ2n) is 5.66. The highest BCUT2D eigenvalue weighted by molar-refractivity contribution is 7.15. The third kappa shape index (κ3) is 4.26. The van der Waals surface area contributed by atoms with Gasteiger partial charge < -0.3 is 20.3 Å². The van der Waals surface area contributed by atoms with Gasteiger partial charge in [0.25, 0.3) is 0 Å². The number of aromatic nitrogens is 2. The molecule has 2 fully saturated rings. The molecule has 1 atom stereocenters. The van der Waals surface area contributed by atoms with Gasteiger partial charge in [-0.2, -0.15) is 0 Å². The lowest BCUT2D eigenvalue weighted by Crippen LogP contribution is -2.50. The molecule has 1 aromatic rings. The molecule has 2 aliphatic rings. The summed E-state index contributed by atoms with van der Waals surface area (Å²) in [6.45, 7) is 1.71. The number of rotatable bonds is 5. The van der Waals surface area contributed by atoms with E-state index >= 15 is 0 Å². The van der Waals surface area contributed by atoms with Crippen molar-refractivity contribution >= 4 is 34.2 Å². The molecule has 3 rings (SSSR count). The van der Waals surface area contributed by atoms with Crippen molar-refractivity contribution in [2.24, 2.45) is 0 Å². The Morgan fingerprint density at radius 1 is 1.38 bits per heavy atom. The van der Waals surface area contributed by atoms with Gasteiger partial charge in [0.1, 0.15) is 11.1 Å². The van der Waals surface area contributed by atoms with Crippen molar-refractivity contribution in [3.05, 3.63) is 5.01 Å². The summed E-state index contributed by atoms with van der Waals surface area (Å²) in [7, 11) is 0. The van der Waals surface area contributed by atoms with E-state index in [1.807, 2.05) is 0 Å². The summed E-state index contributed by atoms with van der Waals surface area (Å²) < 4.78 is 5.52. The summed E-state index contributed by atoms with van der Waals surface area (Å²) in [5.41, 5.74) is 0. The summed E-state index contributed by atoms with van der Waals surface area (Å²) in [6, 6.07) is 0. The molecule has 9 nitrogen and oxygen atoms in total. The summed E-state index contributed by atoms with van der Waals surface area (Å²) >= 11 is 1.29. The molecule has 2 saturated heterocycles. The molecule has 0 saturated carbocycles. The van der Waals surface area contributed by atoms with Crippen molar-refractivity contribution in [1.29, 1.82) is 0 Å². The monoisotopic (exact) mass is 353 g/mol. The maximum Gasteiger partial charge on any atom is 0.239 e. The first-order chi connectivity index (χ1) is 11.6. The molecule has 2 N–H and O–H groups in total. The molecular formula is C14H19N5O4S. The molecule has 0 aromatic carbocycles. The Morgan fingerprint density at radius 3 is 3.00 bits per heavy atom. The van der Waals surface area contributed by atoms with E-state index in [9.17, 15) is 14.4 Å². The van der Waals surface area contributed by atoms with Crippen LogP contribution in [0.3, 0.4) is 0 Å². The summed E-state index contributed by atoms with van der Waals surface area (Å²) in [5, 5.41) is 14.5. The van der Waals surface area contributed by atoms with Gasteiger partial charge in [0, 0.05) is 32.5 Å². The fourth-order valence-corrected chi connectivity index (χ4v) is 3.44.